The highest BCUT2D eigenvalue weighted by molar-refractivity contribution is 7.98. The van der Waals surface area contributed by atoms with Crippen LogP contribution in [0.2, 0.25) is 0 Å². The van der Waals surface area contributed by atoms with E-state index in [0.29, 0.717) is 5.92 Å². The van der Waals surface area contributed by atoms with Crippen LogP contribution in [0, 0.1) is 0 Å². The average molecular weight is 390 g/mol. The first-order valence-electron chi connectivity index (χ1n) is 9.34. The van der Waals surface area contributed by atoms with Crippen molar-refractivity contribution in [1.82, 2.24) is 14.6 Å². The number of ether oxygens (including phenoxy) is 1. The first-order chi connectivity index (χ1) is 13.6. The number of fused-ring (bicyclic) bond motifs is 1. The van der Waals surface area contributed by atoms with Gasteiger partial charge in [0.1, 0.15) is 10.8 Å². The highest BCUT2D eigenvalue weighted by atomic mass is 32.2. The monoisotopic (exact) mass is 389 g/mol. The van der Waals surface area contributed by atoms with E-state index in [-0.39, 0.29) is 0 Å². The Balaban J connectivity index is 1.57. The smallest absolute Gasteiger partial charge is 0.122 e. The maximum absolute atomic E-state index is 5.22. The quantitative estimate of drug-likeness (QED) is 0.390. The number of rotatable bonds is 6. The Kier molecular flexibility index (Phi) is 5.35. The molecule has 0 unspecified atom stereocenters. The molecule has 0 spiro atoms. The molecule has 0 aliphatic heterocycles. The third-order valence-corrected chi connectivity index (χ3v) is 5.83. The minimum Gasteiger partial charge on any atom is -0.497 e. The van der Waals surface area contributed by atoms with Gasteiger partial charge in [0.05, 0.1) is 18.3 Å². The van der Waals surface area contributed by atoms with Crippen molar-refractivity contribution >= 4 is 17.3 Å². The fourth-order valence-electron chi connectivity index (χ4n) is 3.06. The number of benzene rings is 2. The highest BCUT2D eigenvalue weighted by Gasteiger charge is 2.10. The number of methoxy groups -OCH3 is 1. The number of thioether (sulfide) groups is 1. The molecule has 2 heterocycles. The van der Waals surface area contributed by atoms with Gasteiger partial charge in [-0.3, -0.25) is 0 Å². The van der Waals surface area contributed by atoms with E-state index in [4.69, 9.17) is 9.84 Å². The second kappa shape index (κ2) is 8.07. The fraction of sp³-hybridized carbons (Fsp3) is 0.217. The molecular weight excluding hydrogens is 366 g/mol. The summed E-state index contributed by atoms with van der Waals surface area (Å²) in [5, 5.41) is 5.72. The average Bonchev–Trinajstić information content (AvgIpc) is 3.17. The van der Waals surface area contributed by atoms with Crippen LogP contribution in [0.1, 0.15) is 30.9 Å². The second-order valence-electron chi connectivity index (χ2n) is 7.01. The van der Waals surface area contributed by atoms with Gasteiger partial charge in [-0.15, -0.1) is 0 Å². The van der Waals surface area contributed by atoms with E-state index in [0.717, 1.165) is 33.3 Å². The van der Waals surface area contributed by atoms with E-state index >= 15 is 0 Å². The predicted octanol–water partition coefficient (Wildman–Crippen LogP) is 5.82. The molecule has 4 rings (SSSR count). The molecule has 142 valence electrons. The van der Waals surface area contributed by atoms with Gasteiger partial charge in [0.2, 0.25) is 0 Å². The molecule has 0 aliphatic carbocycles. The Morgan fingerprint density at radius 3 is 2.46 bits per heavy atom. The zero-order chi connectivity index (χ0) is 19.5. The molecule has 28 heavy (non-hydrogen) atoms. The van der Waals surface area contributed by atoms with Crippen LogP contribution >= 0.6 is 11.8 Å². The minimum absolute atomic E-state index is 0.528. The third kappa shape index (κ3) is 3.90. The molecule has 0 aliphatic rings. The molecule has 2 aromatic heterocycles. The normalized spacial score (nSPS) is 11.3. The van der Waals surface area contributed by atoms with Gasteiger partial charge in [0, 0.05) is 23.7 Å². The molecule has 5 heteroatoms. The standard InChI is InChI=1S/C23H23N3OS/c1-16(2)18-6-8-19(9-7-18)21-14-22-23(24-12-13-26(22)25-21)28-15-17-4-10-20(27-3)11-5-17/h4-14,16H,15H2,1-3H3. The van der Waals surface area contributed by atoms with Crippen molar-refractivity contribution in [3.63, 3.8) is 0 Å². The first kappa shape index (κ1) is 18.6. The summed E-state index contributed by atoms with van der Waals surface area (Å²) in [5.74, 6) is 2.25. The van der Waals surface area contributed by atoms with Gasteiger partial charge in [0.15, 0.2) is 0 Å². The van der Waals surface area contributed by atoms with Crippen molar-refractivity contribution in [3.8, 4) is 17.0 Å². The number of hydrogen-bond acceptors (Lipinski definition) is 4. The lowest BCUT2D eigenvalue weighted by Gasteiger charge is -2.05. The van der Waals surface area contributed by atoms with E-state index < -0.39 is 0 Å². The van der Waals surface area contributed by atoms with E-state index in [1.54, 1.807) is 18.9 Å². The largest absolute Gasteiger partial charge is 0.497 e. The summed E-state index contributed by atoms with van der Waals surface area (Å²) in [7, 11) is 1.68. The van der Waals surface area contributed by atoms with Crippen molar-refractivity contribution in [1.29, 1.82) is 0 Å². The van der Waals surface area contributed by atoms with Crippen LogP contribution in [-0.4, -0.2) is 21.7 Å². The summed E-state index contributed by atoms with van der Waals surface area (Å²) in [5.41, 5.74) is 5.70. The first-order valence-corrected chi connectivity index (χ1v) is 10.3. The van der Waals surface area contributed by atoms with E-state index in [9.17, 15) is 0 Å². The molecule has 0 saturated carbocycles. The van der Waals surface area contributed by atoms with Crippen LogP contribution < -0.4 is 4.74 Å². The van der Waals surface area contributed by atoms with E-state index in [2.05, 4.69) is 61.3 Å². The lowest BCUT2D eigenvalue weighted by atomic mass is 10.0. The Labute approximate surface area is 169 Å². The Bertz CT molecular complexity index is 1070. The number of hydrogen-bond donors (Lipinski definition) is 0. The summed E-state index contributed by atoms with van der Waals surface area (Å²) in [6.07, 6.45) is 3.71. The second-order valence-corrected chi connectivity index (χ2v) is 7.97. The van der Waals surface area contributed by atoms with Crippen LogP contribution in [0.25, 0.3) is 16.8 Å². The lowest BCUT2D eigenvalue weighted by Crippen LogP contribution is -1.92. The van der Waals surface area contributed by atoms with Gasteiger partial charge in [-0.1, -0.05) is 62.0 Å². The van der Waals surface area contributed by atoms with Gasteiger partial charge in [-0.05, 0) is 35.2 Å². The van der Waals surface area contributed by atoms with Crippen molar-refractivity contribution in [3.05, 3.63) is 78.1 Å². The maximum Gasteiger partial charge on any atom is 0.122 e. The molecule has 4 nitrogen and oxygen atoms in total. The van der Waals surface area contributed by atoms with Gasteiger partial charge in [-0.25, -0.2) is 9.50 Å². The lowest BCUT2D eigenvalue weighted by molar-refractivity contribution is 0.414. The summed E-state index contributed by atoms with van der Waals surface area (Å²) < 4.78 is 7.14. The van der Waals surface area contributed by atoms with Crippen molar-refractivity contribution in [2.45, 2.75) is 30.5 Å². The Morgan fingerprint density at radius 1 is 1.04 bits per heavy atom. The van der Waals surface area contributed by atoms with E-state index in [1.807, 2.05) is 29.0 Å². The van der Waals surface area contributed by atoms with Crippen molar-refractivity contribution < 1.29 is 4.74 Å². The summed E-state index contributed by atoms with van der Waals surface area (Å²) in [6.45, 7) is 4.41. The molecule has 0 radical (unpaired) electrons. The van der Waals surface area contributed by atoms with Gasteiger partial charge < -0.3 is 4.74 Å². The number of nitrogens with zero attached hydrogens (tertiary/aromatic N) is 3. The van der Waals surface area contributed by atoms with Gasteiger partial charge >= 0.3 is 0 Å². The zero-order valence-electron chi connectivity index (χ0n) is 16.3. The maximum atomic E-state index is 5.22. The zero-order valence-corrected chi connectivity index (χ0v) is 17.1. The molecule has 2 aromatic carbocycles. The topological polar surface area (TPSA) is 39.4 Å². The molecule has 4 aromatic rings. The summed E-state index contributed by atoms with van der Waals surface area (Å²) >= 11 is 1.72. The number of aromatic nitrogens is 3. The minimum atomic E-state index is 0.528. The van der Waals surface area contributed by atoms with E-state index in [1.165, 1.54) is 11.1 Å². The van der Waals surface area contributed by atoms with Crippen molar-refractivity contribution in [2.24, 2.45) is 0 Å². The SMILES string of the molecule is COc1ccc(CSc2nccn3nc(-c4ccc(C(C)C)cc4)cc23)cc1. The summed E-state index contributed by atoms with van der Waals surface area (Å²) in [4.78, 5) is 4.58. The van der Waals surface area contributed by atoms with Crippen LogP contribution in [-0.2, 0) is 5.75 Å². The molecular formula is C23H23N3OS. The van der Waals surface area contributed by atoms with Crippen LogP contribution in [0.15, 0.2) is 72.0 Å². The molecule has 0 atom stereocenters. The molecule has 0 N–H and O–H groups in total. The molecule has 0 saturated heterocycles. The molecule has 0 fully saturated rings. The Morgan fingerprint density at radius 2 is 1.79 bits per heavy atom. The van der Waals surface area contributed by atoms with Gasteiger partial charge in [0.25, 0.3) is 0 Å². The van der Waals surface area contributed by atoms with Gasteiger partial charge in [-0.2, -0.15) is 5.10 Å². The van der Waals surface area contributed by atoms with Crippen LogP contribution in [0.4, 0.5) is 0 Å². The summed E-state index contributed by atoms with van der Waals surface area (Å²) in [6, 6.07) is 18.9. The van der Waals surface area contributed by atoms with Crippen LogP contribution in [0.5, 0.6) is 5.75 Å². The third-order valence-electron chi connectivity index (χ3n) is 4.76. The highest BCUT2D eigenvalue weighted by Crippen LogP contribution is 2.29. The fourth-order valence-corrected chi connectivity index (χ4v) is 3.99. The predicted molar refractivity (Wildman–Crippen MR) is 115 cm³/mol. The Hall–Kier alpha value is -2.79. The molecule has 0 amide bonds. The molecule has 0 bridgehead atoms. The van der Waals surface area contributed by atoms with Crippen LogP contribution in [0.3, 0.4) is 0 Å². The van der Waals surface area contributed by atoms with Crippen molar-refractivity contribution in [2.75, 3.05) is 7.11 Å².